The van der Waals surface area contributed by atoms with Gasteiger partial charge in [0.15, 0.2) is 0 Å². The highest BCUT2D eigenvalue weighted by molar-refractivity contribution is 6.01. The van der Waals surface area contributed by atoms with Gasteiger partial charge in [-0.3, -0.25) is 9.59 Å². The molecule has 1 heterocycles. The quantitative estimate of drug-likeness (QED) is 0.681. The summed E-state index contributed by atoms with van der Waals surface area (Å²) in [5, 5.41) is 4.85. The van der Waals surface area contributed by atoms with Crippen LogP contribution in [0.25, 0.3) is 0 Å². The van der Waals surface area contributed by atoms with Crippen LogP contribution in [0.2, 0.25) is 0 Å². The molecule has 3 atom stereocenters. The Hall–Kier alpha value is -2.83. The molecule has 31 heavy (non-hydrogen) atoms. The standard InChI is InChI=1S/C24H25F3N2O2/c25-24(26,27)20-14-13-19(22(30)28-20)23(31)29-21(17-5-2-1-3-6-17)18-11-9-16(10-12-18)15-7-4-8-15/h1-3,5-6,9-12,15,19-21H,4,7-8,13-14H2,(H,28,30)(H,29,31). The second kappa shape index (κ2) is 8.73. The van der Waals surface area contributed by atoms with Gasteiger partial charge in [0, 0.05) is 0 Å². The molecule has 2 N–H and O–H groups in total. The maximum absolute atomic E-state index is 12.9. The first-order valence-electron chi connectivity index (χ1n) is 10.6. The van der Waals surface area contributed by atoms with E-state index in [4.69, 9.17) is 0 Å². The predicted molar refractivity (Wildman–Crippen MR) is 110 cm³/mol. The van der Waals surface area contributed by atoms with Crippen LogP contribution in [0.4, 0.5) is 13.2 Å². The third kappa shape index (κ3) is 4.75. The van der Waals surface area contributed by atoms with Crippen LogP contribution in [0.5, 0.6) is 0 Å². The fourth-order valence-corrected chi connectivity index (χ4v) is 4.25. The highest BCUT2D eigenvalue weighted by Gasteiger charge is 2.46. The molecule has 1 aliphatic carbocycles. The minimum Gasteiger partial charge on any atom is -0.344 e. The molecule has 0 bridgehead atoms. The Labute approximate surface area is 179 Å². The van der Waals surface area contributed by atoms with Crippen LogP contribution in [0, 0.1) is 5.92 Å². The van der Waals surface area contributed by atoms with E-state index in [0.717, 1.165) is 11.1 Å². The Bertz CT molecular complexity index is 924. The van der Waals surface area contributed by atoms with Gasteiger partial charge in [-0.15, -0.1) is 0 Å². The zero-order valence-electron chi connectivity index (χ0n) is 17.0. The first kappa shape index (κ1) is 21.4. The third-order valence-electron chi connectivity index (χ3n) is 6.35. The number of nitrogens with one attached hydrogen (secondary N) is 2. The van der Waals surface area contributed by atoms with E-state index in [1.807, 2.05) is 47.8 Å². The van der Waals surface area contributed by atoms with E-state index in [2.05, 4.69) is 17.4 Å². The van der Waals surface area contributed by atoms with E-state index in [1.54, 1.807) is 0 Å². The van der Waals surface area contributed by atoms with Crippen molar-refractivity contribution in [3.05, 3.63) is 71.3 Å². The second-order valence-electron chi connectivity index (χ2n) is 8.38. The summed E-state index contributed by atoms with van der Waals surface area (Å²) in [5.41, 5.74) is 2.99. The Morgan fingerprint density at radius 3 is 2.13 bits per heavy atom. The molecular formula is C24H25F3N2O2. The van der Waals surface area contributed by atoms with Crippen LogP contribution < -0.4 is 10.6 Å². The van der Waals surface area contributed by atoms with Crippen LogP contribution in [-0.2, 0) is 9.59 Å². The van der Waals surface area contributed by atoms with Gasteiger partial charge in [-0.05, 0) is 48.3 Å². The maximum Gasteiger partial charge on any atom is 0.408 e. The Morgan fingerprint density at radius 2 is 1.58 bits per heavy atom. The lowest BCUT2D eigenvalue weighted by atomic mass is 9.79. The summed E-state index contributed by atoms with van der Waals surface area (Å²) in [6.45, 7) is 0. The van der Waals surface area contributed by atoms with Gasteiger partial charge < -0.3 is 10.6 Å². The molecule has 1 aliphatic heterocycles. The van der Waals surface area contributed by atoms with Gasteiger partial charge in [-0.25, -0.2) is 0 Å². The number of rotatable bonds is 5. The lowest BCUT2D eigenvalue weighted by molar-refractivity contribution is -0.171. The summed E-state index contributed by atoms with van der Waals surface area (Å²) >= 11 is 0. The highest BCUT2D eigenvalue weighted by atomic mass is 19.4. The van der Waals surface area contributed by atoms with E-state index in [9.17, 15) is 22.8 Å². The number of halogens is 3. The number of amides is 2. The topological polar surface area (TPSA) is 58.2 Å². The van der Waals surface area contributed by atoms with Crippen LogP contribution in [0.15, 0.2) is 54.6 Å². The molecule has 0 aromatic heterocycles. The minimum atomic E-state index is -4.51. The minimum absolute atomic E-state index is 0.135. The van der Waals surface area contributed by atoms with Gasteiger partial charge in [-0.2, -0.15) is 13.2 Å². The van der Waals surface area contributed by atoms with Gasteiger partial charge in [0.25, 0.3) is 0 Å². The molecule has 2 aromatic rings. The Morgan fingerprint density at radius 1 is 0.935 bits per heavy atom. The molecule has 7 heteroatoms. The molecule has 1 saturated carbocycles. The molecule has 1 saturated heterocycles. The van der Waals surface area contributed by atoms with Crippen molar-refractivity contribution in [2.45, 2.75) is 56.3 Å². The van der Waals surface area contributed by atoms with Crippen LogP contribution in [0.1, 0.15) is 60.8 Å². The monoisotopic (exact) mass is 430 g/mol. The van der Waals surface area contributed by atoms with Crippen molar-refractivity contribution in [3.8, 4) is 0 Å². The molecule has 2 aromatic carbocycles. The fourth-order valence-electron chi connectivity index (χ4n) is 4.25. The lowest BCUT2D eigenvalue weighted by Gasteiger charge is -2.31. The zero-order valence-corrected chi connectivity index (χ0v) is 17.0. The van der Waals surface area contributed by atoms with E-state index in [1.165, 1.54) is 24.8 Å². The summed E-state index contributed by atoms with van der Waals surface area (Å²) < 4.78 is 38.7. The smallest absolute Gasteiger partial charge is 0.344 e. The number of benzene rings is 2. The fraction of sp³-hybridized carbons (Fsp3) is 0.417. The van der Waals surface area contributed by atoms with Crippen molar-refractivity contribution in [3.63, 3.8) is 0 Å². The van der Waals surface area contributed by atoms with Gasteiger partial charge >= 0.3 is 6.18 Å². The number of carbonyl (C=O) groups is 2. The van der Waals surface area contributed by atoms with E-state index in [0.29, 0.717) is 5.92 Å². The molecule has 3 unspecified atom stereocenters. The summed E-state index contributed by atoms with van der Waals surface area (Å²) in [4.78, 5) is 25.1. The molecule has 4 nitrogen and oxygen atoms in total. The molecule has 0 radical (unpaired) electrons. The van der Waals surface area contributed by atoms with Crippen molar-refractivity contribution in [2.75, 3.05) is 0 Å². The van der Waals surface area contributed by atoms with Crippen molar-refractivity contribution in [1.82, 2.24) is 10.6 Å². The average molecular weight is 430 g/mol. The first-order chi connectivity index (χ1) is 14.8. The van der Waals surface area contributed by atoms with Crippen molar-refractivity contribution < 1.29 is 22.8 Å². The number of carbonyl (C=O) groups excluding carboxylic acids is 2. The molecule has 164 valence electrons. The van der Waals surface area contributed by atoms with E-state index in [-0.39, 0.29) is 12.8 Å². The van der Waals surface area contributed by atoms with Gasteiger partial charge in [-0.1, -0.05) is 61.0 Å². The molecule has 0 spiro atoms. The lowest BCUT2D eigenvalue weighted by Crippen LogP contribution is -2.54. The third-order valence-corrected chi connectivity index (χ3v) is 6.35. The van der Waals surface area contributed by atoms with Crippen LogP contribution >= 0.6 is 0 Å². The normalized spacial score (nSPS) is 22.9. The van der Waals surface area contributed by atoms with Crippen molar-refractivity contribution in [1.29, 1.82) is 0 Å². The van der Waals surface area contributed by atoms with Crippen LogP contribution in [0.3, 0.4) is 0 Å². The molecule has 2 aliphatic rings. The largest absolute Gasteiger partial charge is 0.408 e. The molecule has 2 amide bonds. The highest BCUT2D eigenvalue weighted by Crippen LogP contribution is 2.37. The van der Waals surface area contributed by atoms with Crippen molar-refractivity contribution in [2.24, 2.45) is 5.92 Å². The number of alkyl halides is 3. The number of hydrogen-bond acceptors (Lipinski definition) is 2. The molecule has 4 rings (SSSR count). The summed E-state index contributed by atoms with van der Waals surface area (Å²) in [5.74, 6) is -1.99. The van der Waals surface area contributed by atoms with Crippen LogP contribution in [-0.4, -0.2) is 24.0 Å². The Kier molecular flexibility index (Phi) is 6.03. The molecular weight excluding hydrogens is 405 g/mol. The van der Waals surface area contributed by atoms with Gasteiger partial charge in [0.1, 0.15) is 12.0 Å². The summed E-state index contributed by atoms with van der Waals surface area (Å²) in [6.07, 6.45) is -1.33. The average Bonchev–Trinajstić information content (AvgIpc) is 2.71. The van der Waals surface area contributed by atoms with E-state index < -0.39 is 36.0 Å². The first-order valence-corrected chi connectivity index (χ1v) is 10.6. The van der Waals surface area contributed by atoms with E-state index >= 15 is 0 Å². The van der Waals surface area contributed by atoms with Gasteiger partial charge in [0.2, 0.25) is 11.8 Å². The second-order valence-corrected chi connectivity index (χ2v) is 8.38. The number of piperidine rings is 1. The molecule has 2 fully saturated rings. The number of hydrogen-bond donors (Lipinski definition) is 2. The zero-order chi connectivity index (χ0) is 22.0. The SMILES string of the molecule is O=C(NC(c1ccccc1)c1ccc(C2CCC2)cc1)C1CCC(C(F)(F)F)NC1=O. The maximum atomic E-state index is 12.9. The summed E-state index contributed by atoms with van der Waals surface area (Å²) in [6, 6.07) is 15.1. The van der Waals surface area contributed by atoms with Gasteiger partial charge in [0.05, 0.1) is 6.04 Å². The summed E-state index contributed by atoms with van der Waals surface area (Å²) in [7, 11) is 0. The Balaban J connectivity index is 1.51. The van der Waals surface area contributed by atoms with Crippen molar-refractivity contribution >= 4 is 11.8 Å². The predicted octanol–water partition coefficient (Wildman–Crippen LogP) is 4.62.